The Morgan fingerprint density at radius 2 is 0.745 bits per heavy atom. The summed E-state index contributed by atoms with van der Waals surface area (Å²) in [6.45, 7) is 36.9. The van der Waals surface area contributed by atoms with E-state index in [1.807, 2.05) is 81.1 Å². The molecule has 5 amide bonds. The Hall–Kier alpha value is -9.64. The molecule has 0 bridgehead atoms. The first-order chi connectivity index (χ1) is 64.4. The SMILES string of the molecule is CC(C)(C)OC(=O)N1CCC2(C=C(CCCCC(=O)O)c3cc(F)ccc3O2)CC1.CC(C)(C)OC(=O)N1CCC2(C=C(OS(=O)(=O)C(F)(F)F)c3cc(F)ccc3O2)CC1.CCN(CC)C(=O)CCCCC1=CC2(CCN(C(=O)OC(C)(C)C)CC2)Oc2ccc(F)cc21.CCOC(=O)CCCCC1=CC2(CCN(C(=O)OC(C)C)CC2)Oc2ccc(F)cc21.[CH2-]CCCC(=O)OCC.[Zn+][Br]. The molecule has 137 heavy (non-hydrogen) atoms. The van der Waals surface area contributed by atoms with Crippen molar-refractivity contribution in [1.82, 2.24) is 24.5 Å². The maximum atomic E-state index is 14.0. The van der Waals surface area contributed by atoms with Crippen molar-refractivity contribution in [3.63, 3.8) is 0 Å². The van der Waals surface area contributed by atoms with Crippen LogP contribution in [0.1, 0.15) is 274 Å². The van der Waals surface area contributed by atoms with E-state index in [1.54, 1.807) is 60.6 Å². The number of halogens is 8. The number of allylic oxidation sites excluding steroid dienone is 3. The van der Waals surface area contributed by atoms with Gasteiger partial charge in [-0.25, -0.2) is 36.7 Å². The molecule has 0 aromatic heterocycles. The van der Waals surface area contributed by atoms with Gasteiger partial charge in [0.05, 0.1) is 24.9 Å². The number of hydrogen-bond donors (Lipinski definition) is 1. The molecule has 4 spiro atoms. The number of unbranched alkanes of at least 4 members (excludes halogenated alkanes) is 4. The van der Waals surface area contributed by atoms with Gasteiger partial charge in [0.2, 0.25) is 5.91 Å². The molecule has 0 radical (unpaired) electrons. The molecule has 4 aromatic rings. The summed E-state index contributed by atoms with van der Waals surface area (Å²) in [6, 6.07) is 16.8. The molecule has 0 aliphatic carbocycles. The van der Waals surface area contributed by atoms with E-state index in [2.05, 4.69) is 47.7 Å². The molecule has 0 unspecified atom stereocenters. The molecule has 8 aliphatic rings. The van der Waals surface area contributed by atoms with Gasteiger partial charge in [-0.05, 0) is 269 Å². The normalized spacial score (nSPS) is 16.8. The summed E-state index contributed by atoms with van der Waals surface area (Å²) in [5.74, 6) is -1.37. The fourth-order valence-corrected chi connectivity index (χ4v) is 16.9. The molecule has 1 N–H and O–H groups in total. The van der Waals surface area contributed by atoms with Crippen LogP contribution in [0.15, 0.2) is 97.1 Å². The zero-order valence-corrected chi connectivity index (χ0v) is 87.0. The van der Waals surface area contributed by atoms with Crippen LogP contribution >= 0.6 is 13.6 Å². The summed E-state index contributed by atoms with van der Waals surface area (Å²) in [5, 5.41) is 8.86. The van der Waals surface area contributed by atoms with E-state index in [0.29, 0.717) is 153 Å². The van der Waals surface area contributed by atoms with Gasteiger partial charge in [-0.15, -0.1) is 0 Å². The summed E-state index contributed by atoms with van der Waals surface area (Å²) >= 11 is 4.25. The van der Waals surface area contributed by atoms with E-state index in [9.17, 15) is 77.5 Å². The van der Waals surface area contributed by atoms with Crippen molar-refractivity contribution in [3.05, 3.63) is 150 Å². The number of carboxylic acid groups (broad SMARTS) is 1. The van der Waals surface area contributed by atoms with Crippen molar-refractivity contribution < 1.29 is 151 Å². The molecule has 4 aromatic carbocycles. The predicted molar refractivity (Wildman–Crippen MR) is 503 cm³/mol. The Labute approximate surface area is 818 Å². The number of ether oxygens (including phenoxy) is 10. The van der Waals surface area contributed by atoms with Crippen LogP contribution in [0.25, 0.3) is 22.5 Å². The molecule has 27 nitrogen and oxygen atoms in total. The number of likely N-dealkylation sites (tertiary alicyclic amines) is 4. The van der Waals surface area contributed by atoms with E-state index in [0.717, 1.165) is 110 Å². The van der Waals surface area contributed by atoms with Gasteiger partial charge in [0.1, 0.15) is 85.5 Å². The molecule has 0 atom stereocenters. The third kappa shape index (κ3) is 35.6. The van der Waals surface area contributed by atoms with Crippen LogP contribution in [0.3, 0.4) is 0 Å². The van der Waals surface area contributed by atoms with Gasteiger partial charge in [0, 0.05) is 165 Å². The standard InChI is InChI=1S/C27H39FN2O4.C24H32FNO5.C23H30FNO5.C19H21F4NO6S.C7H13O2.BrH.Zn/c1-6-29(7-2)24(31)11-9-8-10-20-19-27(33-23-13-12-21(28)18-22(20)23)14-16-30(17-15-27)25(32)34-26(3,4)5;1-4-29-22(27)8-6-5-7-18-16-24(31-21-10-9-19(25)15-20(18)21)11-13-26(14-12-24)23(28)30-17(2)3;1-22(2,3)30-21(28)25-12-10-23(11-13-25)15-16(6-4-5-7-20(26)27)18-14-17(24)8-9-19(18)29-23;1-17(2,3)29-16(25)24-8-6-18(7-9-24)11-15(30-31(26,27)19(21,22)23)13-10-12(20)4-5-14(13)28-18;1-3-5-6-7(8)9-4-2;;/h12-13,18-19H,6-11,14-17H2,1-5H3;9-10,15-17H,4-8,11-14H2,1-3H3;8-9,14-15H,4-7,10-13H2,1-3H3,(H,26,27);4-5,10-11H,6-9H2,1-3H3;1,3-6H2,2H3;1H;/q;;;;-1;;+2/p-1. The number of carbonyl (C=O) groups excluding carboxylic acids is 7. The number of hydrogen-bond acceptors (Lipinski definition) is 21. The van der Waals surface area contributed by atoms with Crippen molar-refractivity contribution in [2.45, 2.75) is 302 Å². The third-order valence-corrected chi connectivity index (χ3v) is 24.1. The van der Waals surface area contributed by atoms with Crippen LogP contribution in [-0.4, -0.2) is 216 Å². The summed E-state index contributed by atoms with van der Waals surface area (Å²) in [6.07, 6.45) is 19.5. The molecule has 756 valence electrons. The Morgan fingerprint density at radius 3 is 1.04 bits per heavy atom. The summed E-state index contributed by atoms with van der Waals surface area (Å²) in [7, 11) is -5.98. The number of fused-ring (bicyclic) bond motifs is 4. The number of carbonyl (C=O) groups is 8. The summed E-state index contributed by atoms with van der Waals surface area (Å²) < 4.78 is 178. The number of aliphatic carboxylic acids is 1. The number of esters is 2. The van der Waals surface area contributed by atoms with Crippen LogP contribution in [0.4, 0.5) is 49.9 Å². The second-order valence-corrected chi connectivity index (χ2v) is 39.2. The molecular weight excluding hydrogens is 1930 g/mol. The van der Waals surface area contributed by atoms with E-state index < -0.39 is 78.5 Å². The first-order valence-electron chi connectivity index (χ1n) is 47.0. The number of alkyl halides is 3. The van der Waals surface area contributed by atoms with Crippen molar-refractivity contribution in [1.29, 1.82) is 0 Å². The van der Waals surface area contributed by atoms with Crippen LogP contribution in [0.5, 0.6) is 23.0 Å². The Balaban J connectivity index is 0.000000240. The van der Waals surface area contributed by atoms with Crippen molar-refractivity contribution in [3.8, 4) is 23.0 Å². The molecule has 4 saturated heterocycles. The van der Waals surface area contributed by atoms with Gasteiger partial charge in [0.15, 0.2) is 5.76 Å². The average molecular weight is 2070 g/mol. The zero-order chi connectivity index (χ0) is 102. The number of benzene rings is 4. The van der Waals surface area contributed by atoms with Gasteiger partial charge >= 0.3 is 87.9 Å². The topological polar surface area (TPSA) is 309 Å². The first-order valence-corrected chi connectivity index (χ1v) is 55.3. The molecular formula is C100H135BrF7N5O22SZn. The molecule has 8 heterocycles. The number of piperidine rings is 4. The van der Waals surface area contributed by atoms with E-state index in [1.165, 1.54) is 63.7 Å². The van der Waals surface area contributed by atoms with Gasteiger partial charge in [-0.1, -0.05) is 6.42 Å². The summed E-state index contributed by atoms with van der Waals surface area (Å²) in [4.78, 5) is 103. The van der Waals surface area contributed by atoms with Gasteiger partial charge < -0.3 is 88.1 Å². The predicted octanol–water partition coefficient (Wildman–Crippen LogP) is 22.5. The molecule has 37 heteroatoms. The Morgan fingerprint density at radius 1 is 0.453 bits per heavy atom. The zero-order valence-electron chi connectivity index (χ0n) is 81.7. The second kappa shape index (κ2) is 51.5. The molecule has 8 aliphatic heterocycles. The summed E-state index contributed by atoms with van der Waals surface area (Å²) in [5.41, 5.74) is -5.17. The Bertz CT molecular complexity index is 4990. The fourth-order valence-electron chi connectivity index (χ4n) is 16.4. The minimum atomic E-state index is -5.98. The number of carboxylic acids is 1. The van der Waals surface area contributed by atoms with Gasteiger partial charge in [0.25, 0.3) is 0 Å². The van der Waals surface area contributed by atoms with Crippen LogP contribution in [-0.2, 0) is 78.2 Å². The molecule has 4 fully saturated rings. The second-order valence-electron chi connectivity index (χ2n) is 37.7. The van der Waals surface area contributed by atoms with Gasteiger partial charge in [-0.3, -0.25) is 19.2 Å². The van der Waals surface area contributed by atoms with E-state index >= 15 is 0 Å². The number of amides is 5. The van der Waals surface area contributed by atoms with Crippen molar-refractivity contribution >= 4 is 94.4 Å². The number of rotatable bonds is 25. The third-order valence-electron chi connectivity index (χ3n) is 23.1. The first kappa shape index (κ1) is 114. The molecule has 0 saturated carbocycles. The van der Waals surface area contributed by atoms with Crippen molar-refractivity contribution in [2.75, 3.05) is 78.7 Å². The fraction of sp³-hybridized carbons (Fsp3) is 0.590. The van der Waals surface area contributed by atoms with Crippen LogP contribution in [0, 0.1) is 30.2 Å². The Kier molecular flexibility index (Phi) is 43.0. The van der Waals surface area contributed by atoms with Crippen LogP contribution < -0.4 is 18.9 Å². The quantitative estimate of drug-likeness (QED) is 0.00941. The van der Waals surface area contributed by atoms with Gasteiger partial charge in [-0.2, -0.15) is 28.0 Å². The number of nitrogens with zero attached hydrogens (tertiary/aromatic N) is 5. The minimum absolute atomic E-state index is 0.0259. The van der Waals surface area contributed by atoms with Crippen LogP contribution in [0.2, 0.25) is 0 Å². The monoisotopic (exact) mass is 2070 g/mol. The maximum absolute atomic E-state index is 14.0. The molecule has 12 rings (SSSR count). The van der Waals surface area contributed by atoms with E-state index in [-0.39, 0.29) is 103 Å². The van der Waals surface area contributed by atoms with Crippen molar-refractivity contribution in [2.24, 2.45) is 0 Å². The average Bonchev–Trinajstić information content (AvgIpc) is 0.787. The van der Waals surface area contributed by atoms with E-state index in [4.69, 9.17) is 47.7 Å².